The van der Waals surface area contributed by atoms with Crippen LogP contribution >= 0.6 is 0 Å². The number of nitrogens with one attached hydrogen (secondary N) is 1. The lowest BCUT2D eigenvalue weighted by Crippen LogP contribution is -2.28. The highest BCUT2D eigenvalue weighted by molar-refractivity contribution is 5.94. The van der Waals surface area contributed by atoms with Gasteiger partial charge in [0.2, 0.25) is 0 Å². The molecule has 1 rings (SSSR count). The molecule has 0 aliphatic rings. The molecule has 3 nitrogen and oxygen atoms in total. The van der Waals surface area contributed by atoms with E-state index < -0.39 is 0 Å². The summed E-state index contributed by atoms with van der Waals surface area (Å²) in [6, 6.07) is 5.38. The fourth-order valence-electron chi connectivity index (χ4n) is 1.73. The Morgan fingerprint density at radius 1 is 1.35 bits per heavy atom. The van der Waals surface area contributed by atoms with Gasteiger partial charge in [0.05, 0.1) is 0 Å². The Labute approximate surface area is 103 Å². The van der Waals surface area contributed by atoms with Crippen molar-refractivity contribution < 1.29 is 4.79 Å². The molecule has 94 valence electrons. The molecule has 0 saturated heterocycles. The van der Waals surface area contributed by atoms with Crippen molar-refractivity contribution in [2.75, 3.05) is 12.3 Å². The molecule has 1 aromatic rings. The molecule has 0 aliphatic carbocycles. The van der Waals surface area contributed by atoms with Crippen LogP contribution < -0.4 is 11.1 Å². The molecule has 0 aromatic heterocycles. The summed E-state index contributed by atoms with van der Waals surface area (Å²) < 4.78 is 0. The van der Waals surface area contributed by atoms with Crippen molar-refractivity contribution >= 4 is 11.6 Å². The van der Waals surface area contributed by atoms with Gasteiger partial charge in [-0.1, -0.05) is 26.7 Å². The van der Waals surface area contributed by atoms with Gasteiger partial charge in [-0.05, 0) is 36.6 Å². The van der Waals surface area contributed by atoms with E-state index in [1.54, 1.807) is 12.1 Å². The van der Waals surface area contributed by atoms with E-state index in [-0.39, 0.29) is 5.91 Å². The highest BCUT2D eigenvalue weighted by atomic mass is 16.1. The molecule has 0 aliphatic heterocycles. The Balaban J connectivity index is 2.61. The average molecular weight is 234 g/mol. The van der Waals surface area contributed by atoms with Crippen molar-refractivity contribution in [2.45, 2.75) is 33.6 Å². The minimum Gasteiger partial charge on any atom is -0.399 e. The van der Waals surface area contributed by atoms with Gasteiger partial charge in [-0.25, -0.2) is 0 Å². The molecule has 0 radical (unpaired) electrons. The number of hydrogen-bond acceptors (Lipinski definition) is 2. The van der Waals surface area contributed by atoms with Gasteiger partial charge in [0.25, 0.3) is 5.91 Å². The van der Waals surface area contributed by atoms with Crippen LogP contribution in [0.15, 0.2) is 18.2 Å². The fraction of sp³-hybridized carbons (Fsp3) is 0.500. The number of nitrogen functional groups attached to an aromatic ring is 1. The van der Waals surface area contributed by atoms with E-state index in [0.29, 0.717) is 11.5 Å². The van der Waals surface area contributed by atoms with Crippen LogP contribution in [-0.2, 0) is 0 Å². The van der Waals surface area contributed by atoms with E-state index in [1.807, 2.05) is 13.0 Å². The molecule has 1 amide bonds. The van der Waals surface area contributed by atoms with Crippen molar-refractivity contribution in [3.8, 4) is 0 Å². The lowest BCUT2D eigenvalue weighted by Gasteiger charge is -2.13. The minimum absolute atomic E-state index is 0.0139. The lowest BCUT2D eigenvalue weighted by atomic mass is 10.0. The Morgan fingerprint density at radius 3 is 2.53 bits per heavy atom. The lowest BCUT2D eigenvalue weighted by molar-refractivity contribution is 0.0946. The van der Waals surface area contributed by atoms with E-state index in [2.05, 4.69) is 19.2 Å². The van der Waals surface area contributed by atoms with Crippen molar-refractivity contribution in [3.05, 3.63) is 29.3 Å². The van der Waals surface area contributed by atoms with Crippen LogP contribution in [0, 0.1) is 12.8 Å². The van der Waals surface area contributed by atoms with Gasteiger partial charge in [0.1, 0.15) is 0 Å². The number of carbonyl (C=O) groups excluding carboxylic acids is 1. The van der Waals surface area contributed by atoms with Gasteiger partial charge in [0, 0.05) is 17.8 Å². The second-order valence-electron chi connectivity index (χ2n) is 4.46. The van der Waals surface area contributed by atoms with Crippen LogP contribution in [-0.4, -0.2) is 12.5 Å². The zero-order valence-electron chi connectivity index (χ0n) is 10.9. The topological polar surface area (TPSA) is 55.1 Å². The third-order valence-electron chi connectivity index (χ3n) is 3.24. The summed E-state index contributed by atoms with van der Waals surface area (Å²) in [5, 5.41) is 2.97. The van der Waals surface area contributed by atoms with Crippen LogP contribution in [0.1, 0.15) is 42.6 Å². The van der Waals surface area contributed by atoms with E-state index in [1.165, 1.54) is 0 Å². The van der Waals surface area contributed by atoms with Crippen molar-refractivity contribution in [2.24, 2.45) is 5.92 Å². The number of rotatable bonds is 5. The number of anilines is 1. The molecule has 0 atom stereocenters. The maximum atomic E-state index is 11.9. The zero-order chi connectivity index (χ0) is 12.8. The largest absolute Gasteiger partial charge is 0.399 e. The SMILES string of the molecule is CCC(CC)CNC(=O)c1ccc(N)c(C)c1. The second kappa shape index (κ2) is 6.28. The molecule has 17 heavy (non-hydrogen) atoms. The van der Waals surface area contributed by atoms with E-state index in [9.17, 15) is 4.79 Å². The molecule has 3 heteroatoms. The number of amides is 1. The summed E-state index contributed by atoms with van der Waals surface area (Å²) in [6.07, 6.45) is 2.19. The quantitative estimate of drug-likeness (QED) is 0.770. The van der Waals surface area contributed by atoms with Crippen LogP contribution in [0.25, 0.3) is 0 Å². The molecule has 0 fully saturated rings. The first kappa shape index (κ1) is 13.6. The average Bonchev–Trinajstić information content (AvgIpc) is 2.33. The van der Waals surface area contributed by atoms with Crippen molar-refractivity contribution in [1.29, 1.82) is 0 Å². The number of benzene rings is 1. The van der Waals surface area contributed by atoms with Crippen molar-refractivity contribution in [3.63, 3.8) is 0 Å². The molecule has 0 unspecified atom stereocenters. The predicted octanol–water partition coefficient (Wildman–Crippen LogP) is 2.74. The predicted molar refractivity (Wildman–Crippen MR) is 72.0 cm³/mol. The molecular weight excluding hydrogens is 212 g/mol. The first-order valence-electron chi connectivity index (χ1n) is 6.22. The number of nitrogens with two attached hydrogens (primary N) is 1. The fourth-order valence-corrected chi connectivity index (χ4v) is 1.73. The first-order valence-corrected chi connectivity index (χ1v) is 6.22. The third kappa shape index (κ3) is 3.77. The second-order valence-corrected chi connectivity index (χ2v) is 4.46. The summed E-state index contributed by atoms with van der Waals surface area (Å²) in [4.78, 5) is 11.9. The highest BCUT2D eigenvalue weighted by Gasteiger charge is 2.09. The minimum atomic E-state index is -0.0139. The van der Waals surface area contributed by atoms with Crippen LogP contribution in [0.4, 0.5) is 5.69 Å². The van der Waals surface area contributed by atoms with E-state index in [0.717, 1.165) is 30.6 Å². The molecule has 0 saturated carbocycles. The molecule has 0 heterocycles. The van der Waals surface area contributed by atoms with Gasteiger partial charge in [-0.3, -0.25) is 4.79 Å². The zero-order valence-corrected chi connectivity index (χ0v) is 10.9. The maximum absolute atomic E-state index is 11.9. The normalized spacial score (nSPS) is 10.6. The van der Waals surface area contributed by atoms with Gasteiger partial charge in [0.15, 0.2) is 0 Å². The Morgan fingerprint density at radius 2 is 2.00 bits per heavy atom. The van der Waals surface area contributed by atoms with Gasteiger partial charge < -0.3 is 11.1 Å². The Kier molecular flexibility index (Phi) is 5.01. The summed E-state index contributed by atoms with van der Waals surface area (Å²) in [5.41, 5.74) is 8.07. The number of hydrogen-bond donors (Lipinski definition) is 2. The van der Waals surface area contributed by atoms with Gasteiger partial charge in [-0.15, -0.1) is 0 Å². The standard InChI is InChI=1S/C14H22N2O/c1-4-11(5-2)9-16-14(17)12-6-7-13(15)10(3)8-12/h6-8,11H,4-5,9,15H2,1-3H3,(H,16,17). The Bertz CT molecular complexity index is 384. The highest BCUT2D eigenvalue weighted by Crippen LogP contribution is 2.13. The van der Waals surface area contributed by atoms with Crippen LogP contribution in [0.5, 0.6) is 0 Å². The Hall–Kier alpha value is -1.51. The van der Waals surface area contributed by atoms with Crippen molar-refractivity contribution in [1.82, 2.24) is 5.32 Å². The number of carbonyl (C=O) groups is 1. The molecule has 0 bridgehead atoms. The maximum Gasteiger partial charge on any atom is 0.251 e. The monoisotopic (exact) mass is 234 g/mol. The van der Waals surface area contributed by atoms with Crippen LogP contribution in [0.3, 0.4) is 0 Å². The summed E-state index contributed by atoms with van der Waals surface area (Å²) in [7, 11) is 0. The third-order valence-corrected chi connectivity index (χ3v) is 3.24. The smallest absolute Gasteiger partial charge is 0.251 e. The van der Waals surface area contributed by atoms with Gasteiger partial charge in [-0.2, -0.15) is 0 Å². The number of aryl methyl sites for hydroxylation is 1. The molecule has 0 spiro atoms. The van der Waals surface area contributed by atoms with E-state index in [4.69, 9.17) is 5.73 Å². The summed E-state index contributed by atoms with van der Waals surface area (Å²) >= 11 is 0. The van der Waals surface area contributed by atoms with Gasteiger partial charge >= 0.3 is 0 Å². The molecule has 3 N–H and O–H groups in total. The first-order chi connectivity index (χ1) is 8.08. The molecule has 1 aromatic carbocycles. The summed E-state index contributed by atoms with van der Waals surface area (Å²) in [6.45, 7) is 6.95. The summed E-state index contributed by atoms with van der Waals surface area (Å²) in [5.74, 6) is 0.550. The van der Waals surface area contributed by atoms with Crippen LogP contribution in [0.2, 0.25) is 0 Å². The molecular formula is C14H22N2O. The van der Waals surface area contributed by atoms with E-state index >= 15 is 0 Å².